The Bertz CT molecular complexity index is 888. The molecule has 0 amide bonds. The van der Waals surface area contributed by atoms with Gasteiger partial charge < -0.3 is 0 Å². The number of benzene rings is 1. The van der Waals surface area contributed by atoms with Crippen molar-refractivity contribution in [3.8, 4) is 0 Å². The summed E-state index contributed by atoms with van der Waals surface area (Å²) in [6.07, 6.45) is 6.08. The molecule has 1 saturated heterocycles. The Morgan fingerprint density at radius 1 is 0.889 bits per heavy atom. The van der Waals surface area contributed by atoms with Crippen molar-refractivity contribution >= 4 is 20.0 Å². The van der Waals surface area contributed by atoms with Gasteiger partial charge in [0.25, 0.3) is 0 Å². The number of fused-ring (bicyclic) bond motifs is 2. The third kappa shape index (κ3) is 3.81. The van der Waals surface area contributed by atoms with Gasteiger partial charge in [0.2, 0.25) is 20.0 Å². The van der Waals surface area contributed by atoms with E-state index >= 15 is 0 Å². The normalized spacial score (nSPS) is 30.0. The number of nitrogens with zero attached hydrogens (tertiary/aromatic N) is 1. The molecule has 0 unspecified atom stereocenters. The molecular formula is C19H28N2O4S2. The Morgan fingerprint density at radius 2 is 1.52 bits per heavy atom. The molecule has 3 atom stereocenters. The minimum absolute atomic E-state index is 0.0208. The first-order valence-electron chi connectivity index (χ1n) is 9.88. The van der Waals surface area contributed by atoms with Crippen LogP contribution in [0, 0.1) is 17.8 Å². The minimum atomic E-state index is -3.62. The van der Waals surface area contributed by atoms with Crippen LogP contribution >= 0.6 is 0 Å². The van der Waals surface area contributed by atoms with Crippen molar-refractivity contribution in [2.24, 2.45) is 17.8 Å². The predicted octanol–water partition coefficient (Wildman–Crippen LogP) is 2.57. The van der Waals surface area contributed by atoms with E-state index in [1.807, 2.05) is 0 Å². The molecule has 2 aliphatic carbocycles. The first kappa shape index (κ1) is 19.4. The molecule has 1 aliphatic heterocycles. The van der Waals surface area contributed by atoms with Gasteiger partial charge in [0, 0.05) is 19.1 Å². The van der Waals surface area contributed by atoms with Crippen molar-refractivity contribution in [1.82, 2.24) is 9.03 Å². The Kier molecular flexibility index (Phi) is 5.12. The summed E-state index contributed by atoms with van der Waals surface area (Å²) in [6.45, 7) is 3.18. The third-order valence-corrected chi connectivity index (χ3v) is 9.98. The van der Waals surface area contributed by atoms with Gasteiger partial charge in [0.15, 0.2) is 0 Å². The topological polar surface area (TPSA) is 83.6 Å². The van der Waals surface area contributed by atoms with Gasteiger partial charge >= 0.3 is 0 Å². The highest BCUT2D eigenvalue weighted by molar-refractivity contribution is 7.89. The molecule has 3 fully saturated rings. The Balaban J connectivity index is 1.48. The van der Waals surface area contributed by atoms with Gasteiger partial charge in [0.05, 0.1) is 9.79 Å². The van der Waals surface area contributed by atoms with Crippen molar-refractivity contribution in [3.63, 3.8) is 0 Å². The Hall–Kier alpha value is -0.960. The summed E-state index contributed by atoms with van der Waals surface area (Å²) >= 11 is 0. The first-order valence-corrected chi connectivity index (χ1v) is 12.8. The average Bonchev–Trinajstić information content (AvgIpc) is 3.25. The van der Waals surface area contributed by atoms with Crippen LogP contribution in [0.5, 0.6) is 0 Å². The fraction of sp³-hybridized carbons (Fsp3) is 0.684. The zero-order chi connectivity index (χ0) is 19.2. The summed E-state index contributed by atoms with van der Waals surface area (Å²) in [5.74, 6) is 1.65. The van der Waals surface area contributed by atoms with Crippen LogP contribution in [0.3, 0.4) is 0 Å². The molecule has 3 aliphatic rings. The van der Waals surface area contributed by atoms with Crippen LogP contribution < -0.4 is 4.72 Å². The fourth-order valence-electron chi connectivity index (χ4n) is 4.82. The Labute approximate surface area is 162 Å². The average molecular weight is 413 g/mol. The second kappa shape index (κ2) is 7.13. The standard InChI is InChI=1S/C19H28N2O4S2/c1-14-8-10-21(11-9-14)27(24,25)18-6-4-17(5-7-18)26(22,23)20-19-13-15-2-3-16(19)12-15/h4-7,14-16,19-20H,2-3,8-13H2,1H3/t15-,16-,19+/m0/s1. The number of rotatable bonds is 5. The molecule has 6 nitrogen and oxygen atoms in total. The van der Waals surface area contributed by atoms with Gasteiger partial charge in [-0.3, -0.25) is 0 Å². The van der Waals surface area contributed by atoms with E-state index in [9.17, 15) is 16.8 Å². The highest BCUT2D eigenvalue weighted by Gasteiger charge is 2.41. The zero-order valence-electron chi connectivity index (χ0n) is 15.7. The smallest absolute Gasteiger partial charge is 0.208 e. The van der Waals surface area contributed by atoms with Crippen LogP contribution in [0.1, 0.15) is 45.4 Å². The van der Waals surface area contributed by atoms with E-state index in [0.717, 1.165) is 32.1 Å². The monoisotopic (exact) mass is 412 g/mol. The van der Waals surface area contributed by atoms with Crippen LogP contribution in [0.15, 0.2) is 34.1 Å². The molecule has 8 heteroatoms. The molecule has 27 heavy (non-hydrogen) atoms. The van der Waals surface area contributed by atoms with Gasteiger partial charge in [-0.2, -0.15) is 4.31 Å². The summed E-state index contributed by atoms with van der Waals surface area (Å²) in [6, 6.07) is 5.68. The Morgan fingerprint density at radius 3 is 2.07 bits per heavy atom. The van der Waals surface area contributed by atoms with E-state index in [4.69, 9.17) is 0 Å². The van der Waals surface area contributed by atoms with E-state index in [-0.39, 0.29) is 15.8 Å². The maximum Gasteiger partial charge on any atom is 0.243 e. The number of hydrogen-bond donors (Lipinski definition) is 1. The molecule has 2 bridgehead atoms. The SMILES string of the molecule is CC1CCN(S(=O)(=O)c2ccc(S(=O)(=O)N[C@@H]3C[C@H]4CC[C@H]3C4)cc2)CC1. The summed E-state index contributed by atoms with van der Waals surface area (Å²) in [5, 5.41) is 0. The second-order valence-corrected chi connectivity index (χ2v) is 12.1. The summed E-state index contributed by atoms with van der Waals surface area (Å²) in [5.41, 5.74) is 0. The number of piperidine rings is 1. The summed E-state index contributed by atoms with van der Waals surface area (Å²) in [4.78, 5) is 0.299. The van der Waals surface area contributed by atoms with E-state index in [2.05, 4.69) is 11.6 Å². The van der Waals surface area contributed by atoms with Crippen LogP contribution in [-0.4, -0.2) is 40.3 Å². The van der Waals surface area contributed by atoms with Crippen molar-refractivity contribution in [2.75, 3.05) is 13.1 Å². The fourth-order valence-corrected chi connectivity index (χ4v) is 7.61. The van der Waals surface area contributed by atoms with Crippen molar-refractivity contribution in [2.45, 2.75) is 61.3 Å². The van der Waals surface area contributed by atoms with E-state index < -0.39 is 20.0 Å². The van der Waals surface area contributed by atoms with Crippen LogP contribution in [-0.2, 0) is 20.0 Å². The van der Waals surface area contributed by atoms with Gasteiger partial charge in [-0.05, 0) is 74.1 Å². The molecule has 1 aromatic carbocycles. The molecule has 4 rings (SSSR count). The molecule has 0 spiro atoms. The number of nitrogens with one attached hydrogen (secondary N) is 1. The lowest BCUT2D eigenvalue weighted by atomic mass is 9.96. The molecule has 150 valence electrons. The van der Waals surface area contributed by atoms with Gasteiger partial charge in [-0.15, -0.1) is 0 Å². The lowest BCUT2D eigenvalue weighted by molar-refractivity contribution is 0.288. The molecule has 0 aromatic heterocycles. The van der Waals surface area contributed by atoms with E-state index in [1.165, 1.54) is 35.0 Å². The third-order valence-electron chi connectivity index (χ3n) is 6.56. The molecule has 1 N–H and O–H groups in total. The van der Waals surface area contributed by atoms with Crippen LogP contribution in [0.4, 0.5) is 0 Å². The first-order chi connectivity index (χ1) is 12.8. The van der Waals surface area contributed by atoms with Gasteiger partial charge in [0.1, 0.15) is 0 Å². The number of sulfonamides is 2. The molecule has 0 radical (unpaired) electrons. The minimum Gasteiger partial charge on any atom is -0.208 e. The predicted molar refractivity (Wildman–Crippen MR) is 103 cm³/mol. The maximum absolute atomic E-state index is 12.8. The van der Waals surface area contributed by atoms with Gasteiger partial charge in [-0.25, -0.2) is 21.6 Å². The molecule has 1 aromatic rings. The quantitative estimate of drug-likeness (QED) is 0.806. The molecule has 2 saturated carbocycles. The van der Waals surface area contributed by atoms with Crippen LogP contribution in [0.25, 0.3) is 0 Å². The zero-order valence-corrected chi connectivity index (χ0v) is 17.3. The van der Waals surface area contributed by atoms with Crippen molar-refractivity contribution in [1.29, 1.82) is 0 Å². The largest absolute Gasteiger partial charge is 0.243 e. The summed E-state index contributed by atoms with van der Waals surface area (Å²) < 4.78 is 55.3. The number of hydrogen-bond acceptors (Lipinski definition) is 4. The summed E-state index contributed by atoms with van der Waals surface area (Å²) in [7, 11) is -7.18. The molecule has 1 heterocycles. The molecular weight excluding hydrogens is 384 g/mol. The highest BCUT2D eigenvalue weighted by Crippen LogP contribution is 2.44. The lowest BCUT2D eigenvalue weighted by Crippen LogP contribution is -2.38. The van der Waals surface area contributed by atoms with Crippen LogP contribution in [0.2, 0.25) is 0 Å². The van der Waals surface area contributed by atoms with E-state index in [1.54, 1.807) is 0 Å². The van der Waals surface area contributed by atoms with Crippen molar-refractivity contribution < 1.29 is 16.8 Å². The second-order valence-electron chi connectivity index (χ2n) is 8.46. The van der Waals surface area contributed by atoms with Gasteiger partial charge in [-0.1, -0.05) is 13.3 Å². The highest BCUT2D eigenvalue weighted by atomic mass is 32.2. The lowest BCUT2D eigenvalue weighted by Gasteiger charge is -2.29. The van der Waals surface area contributed by atoms with Crippen molar-refractivity contribution in [3.05, 3.63) is 24.3 Å². The maximum atomic E-state index is 12.8. The van der Waals surface area contributed by atoms with E-state index in [0.29, 0.717) is 30.8 Å².